The zero-order chi connectivity index (χ0) is 22.7. The number of fused-ring (bicyclic) bond motifs is 1. The van der Waals surface area contributed by atoms with Crippen molar-refractivity contribution in [2.24, 2.45) is 0 Å². The van der Waals surface area contributed by atoms with Crippen molar-refractivity contribution < 1.29 is 14.3 Å². The Morgan fingerprint density at radius 1 is 1.28 bits per heavy atom. The third-order valence-corrected chi connectivity index (χ3v) is 4.87. The molecule has 10 nitrogen and oxygen atoms in total. The first-order valence-electron chi connectivity index (χ1n) is 9.78. The molecule has 4 rings (SSSR count). The van der Waals surface area contributed by atoms with E-state index in [4.69, 9.17) is 16.3 Å². The van der Waals surface area contributed by atoms with Crippen LogP contribution >= 0.6 is 11.6 Å². The van der Waals surface area contributed by atoms with Crippen molar-refractivity contribution in [2.75, 3.05) is 19.0 Å². The molecule has 0 aliphatic heterocycles. The maximum atomic E-state index is 13.1. The van der Waals surface area contributed by atoms with E-state index in [0.29, 0.717) is 45.5 Å². The van der Waals surface area contributed by atoms with Crippen LogP contribution in [0.3, 0.4) is 0 Å². The number of hydrogen-bond acceptors (Lipinski definition) is 6. The maximum Gasteiger partial charge on any atom is 0.261 e. The van der Waals surface area contributed by atoms with Gasteiger partial charge in [0.1, 0.15) is 23.6 Å². The van der Waals surface area contributed by atoms with Crippen molar-refractivity contribution >= 4 is 34.7 Å². The van der Waals surface area contributed by atoms with E-state index >= 15 is 0 Å². The summed E-state index contributed by atoms with van der Waals surface area (Å²) in [5.74, 6) is -0.103. The molecule has 0 saturated heterocycles. The predicted molar refractivity (Wildman–Crippen MR) is 119 cm³/mol. The van der Waals surface area contributed by atoms with Gasteiger partial charge in [-0.1, -0.05) is 11.6 Å². The first-order chi connectivity index (χ1) is 15.5. The van der Waals surface area contributed by atoms with E-state index in [0.717, 1.165) is 0 Å². The number of carbonyl (C=O) groups excluding carboxylic acids is 2. The summed E-state index contributed by atoms with van der Waals surface area (Å²) in [5.41, 5.74) is 2.08. The van der Waals surface area contributed by atoms with Gasteiger partial charge in [0.25, 0.3) is 5.91 Å². The topological polar surface area (TPSA) is 115 Å². The zero-order valence-electron chi connectivity index (χ0n) is 17.4. The minimum Gasteiger partial charge on any atom is -0.496 e. The number of anilines is 1. The summed E-state index contributed by atoms with van der Waals surface area (Å²) in [6.07, 6.45) is 6.31. The largest absolute Gasteiger partial charge is 0.496 e. The zero-order valence-corrected chi connectivity index (χ0v) is 18.1. The maximum absolute atomic E-state index is 13.1. The first-order valence-corrected chi connectivity index (χ1v) is 10.2. The summed E-state index contributed by atoms with van der Waals surface area (Å²) in [6, 6.07) is 6.81. The van der Waals surface area contributed by atoms with E-state index in [1.54, 1.807) is 42.9 Å². The molecule has 0 fully saturated rings. The molecule has 0 aliphatic carbocycles. The van der Waals surface area contributed by atoms with E-state index in [1.807, 2.05) is 6.92 Å². The van der Waals surface area contributed by atoms with Crippen LogP contribution in [-0.4, -0.2) is 49.8 Å². The summed E-state index contributed by atoms with van der Waals surface area (Å²) in [6.45, 7) is 2.32. The monoisotopic (exact) mass is 453 g/mol. The minimum atomic E-state index is -0.418. The Bertz CT molecular complexity index is 1300. The molecule has 32 heavy (non-hydrogen) atoms. The van der Waals surface area contributed by atoms with Crippen LogP contribution in [0.25, 0.3) is 16.9 Å². The number of amides is 2. The number of aromatic nitrogens is 5. The third-order valence-electron chi connectivity index (χ3n) is 4.63. The Kier molecular flexibility index (Phi) is 6.04. The molecule has 1 aromatic carbocycles. The van der Waals surface area contributed by atoms with Crippen molar-refractivity contribution in [3.63, 3.8) is 0 Å². The number of hydrogen-bond donors (Lipinski definition) is 2. The van der Waals surface area contributed by atoms with Gasteiger partial charge in [-0.15, -0.1) is 0 Å². The Hall–Kier alpha value is -3.92. The summed E-state index contributed by atoms with van der Waals surface area (Å²) in [7, 11) is 1.53. The second-order valence-corrected chi connectivity index (χ2v) is 7.22. The molecule has 0 atom stereocenters. The highest BCUT2D eigenvalue weighted by atomic mass is 35.5. The summed E-state index contributed by atoms with van der Waals surface area (Å²) in [4.78, 5) is 29.3. The average Bonchev–Trinajstić information content (AvgIpc) is 3.38. The molecule has 0 unspecified atom stereocenters. The fourth-order valence-electron chi connectivity index (χ4n) is 3.24. The minimum absolute atomic E-state index is 0.0160. The molecule has 0 bridgehead atoms. The van der Waals surface area contributed by atoms with Gasteiger partial charge < -0.3 is 15.4 Å². The van der Waals surface area contributed by atoms with Gasteiger partial charge in [-0.3, -0.25) is 14.3 Å². The molecule has 0 radical (unpaired) electrons. The number of methoxy groups -OCH3 is 1. The number of carbonyl (C=O) groups is 2. The summed E-state index contributed by atoms with van der Waals surface area (Å²) >= 11 is 6.20. The molecule has 11 heteroatoms. The van der Waals surface area contributed by atoms with Gasteiger partial charge in [0.05, 0.1) is 19.0 Å². The molecule has 2 amide bonds. The van der Waals surface area contributed by atoms with Crippen molar-refractivity contribution in [1.29, 1.82) is 0 Å². The number of nitrogens with zero attached hydrogens (tertiary/aromatic N) is 5. The second-order valence-electron chi connectivity index (χ2n) is 6.79. The normalized spacial score (nSPS) is 10.8. The lowest BCUT2D eigenvalue weighted by Gasteiger charge is -2.09. The standard InChI is InChI=1S/C21H20ClN7O3/c1-3-23-18(30)12-28-11-16(19(27-28)14-9-13(22)5-6-17(14)32-2)26-21(31)15-10-25-29-8-4-7-24-20(15)29/h4-11H,3,12H2,1-2H3,(H,23,30)(H,26,31). The first kappa shape index (κ1) is 21.3. The van der Waals surface area contributed by atoms with Crippen molar-refractivity contribution in [1.82, 2.24) is 29.7 Å². The molecular formula is C21H20ClN7O3. The van der Waals surface area contributed by atoms with Gasteiger partial charge in [-0.2, -0.15) is 10.2 Å². The average molecular weight is 454 g/mol. The molecule has 0 saturated carbocycles. The number of halogens is 1. The van der Waals surface area contributed by atoms with Crippen LogP contribution in [0.15, 0.2) is 49.1 Å². The van der Waals surface area contributed by atoms with Crippen LogP contribution in [0.5, 0.6) is 5.75 Å². The van der Waals surface area contributed by atoms with Crippen LogP contribution in [-0.2, 0) is 11.3 Å². The van der Waals surface area contributed by atoms with Crippen LogP contribution in [0.1, 0.15) is 17.3 Å². The van der Waals surface area contributed by atoms with Gasteiger partial charge in [-0.05, 0) is 31.2 Å². The van der Waals surface area contributed by atoms with E-state index in [2.05, 4.69) is 25.8 Å². The van der Waals surface area contributed by atoms with E-state index in [1.165, 1.54) is 22.5 Å². The quantitative estimate of drug-likeness (QED) is 0.444. The highest BCUT2D eigenvalue weighted by Gasteiger charge is 2.21. The number of benzene rings is 1. The summed E-state index contributed by atoms with van der Waals surface area (Å²) < 4.78 is 8.41. The van der Waals surface area contributed by atoms with Crippen molar-refractivity contribution in [2.45, 2.75) is 13.5 Å². The highest BCUT2D eigenvalue weighted by Crippen LogP contribution is 2.36. The van der Waals surface area contributed by atoms with Gasteiger partial charge in [-0.25, -0.2) is 9.50 Å². The number of ether oxygens (including phenoxy) is 1. The van der Waals surface area contributed by atoms with Gasteiger partial charge in [0.2, 0.25) is 5.91 Å². The molecule has 2 N–H and O–H groups in total. The summed E-state index contributed by atoms with van der Waals surface area (Å²) in [5, 5.41) is 14.7. The van der Waals surface area contributed by atoms with Gasteiger partial charge >= 0.3 is 0 Å². The lowest BCUT2D eigenvalue weighted by atomic mass is 10.1. The molecule has 3 heterocycles. The van der Waals surface area contributed by atoms with Crippen molar-refractivity contribution in [3.8, 4) is 17.0 Å². The molecule has 164 valence electrons. The van der Waals surface area contributed by atoms with E-state index < -0.39 is 5.91 Å². The fraction of sp³-hybridized carbons (Fsp3) is 0.190. The number of nitrogens with one attached hydrogen (secondary N) is 2. The smallest absolute Gasteiger partial charge is 0.261 e. The molecule has 4 aromatic rings. The lowest BCUT2D eigenvalue weighted by Crippen LogP contribution is -2.27. The number of rotatable bonds is 7. The second kappa shape index (κ2) is 9.06. The third kappa shape index (κ3) is 4.26. The van der Waals surface area contributed by atoms with Crippen molar-refractivity contribution in [3.05, 3.63) is 59.6 Å². The lowest BCUT2D eigenvalue weighted by molar-refractivity contribution is -0.121. The van der Waals surface area contributed by atoms with Gasteiger partial charge in [0.15, 0.2) is 5.65 Å². The fourth-order valence-corrected chi connectivity index (χ4v) is 3.41. The van der Waals surface area contributed by atoms with Crippen LogP contribution in [0, 0.1) is 0 Å². The highest BCUT2D eigenvalue weighted by molar-refractivity contribution is 6.31. The van der Waals surface area contributed by atoms with E-state index in [-0.39, 0.29) is 12.5 Å². The Labute approximate surface area is 188 Å². The Balaban J connectivity index is 1.74. The molecule has 0 spiro atoms. The van der Waals surface area contributed by atoms with Crippen LogP contribution < -0.4 is 15.4 Å². The van der Waals surface area contributed by atoms with Gasteiger partial charge in [0, 0.05) is 35.7 Å². The molecule has 0 aliphatic rings. The Morgan fingerprint density at radius 3 is 2.91 bits per heavy atom. The van der Waals surface area contributed by atoms with Crippen LogP contribution in [0.4, 0.5) is 5.69 Å². The SMILES string of the molecule is CCNC(=O)Cn1cc(NC(=O)c2cnn3cccnc23)c(-c2cc(Cl)ccc2OC)n1. The molecular weight excluding hydrogens is 434 g/mol. The predicted octanol–water partition coefficient (Wildman–Crippen LogP) is 2.64. The number of likely N-dealkylation sites (N-methyl/N-ethyl adjacent to an activating group) is 1. The van der Waals surface area contributed by atoms with E-state index in [9.17, 15) is 9.59 Å². The molecule has 3 aromatic heterocycles. The Morgan fingerprint density at radius 2 is 2.12 bits per heavy atom. The van der Waals surface area contributed by atoms with Crippen LogP contribution in [0.2, 0.25) is 5.02 Å².